The molecule has 1 aliphatic heterocycles. The van der Waals surface area contributed by atoms with Crippen LogP contribution >= 0.6 is 0 Å². The van der Waals surface area contributed by atoms with Gasteiger partial charge in [-0.2, -0.15) is 0 Å². The van der Waals surface area contributed by atoms with Gasteiger partial charge in [0.15, 0.2) is 5.79 Å². The van der Waals surface area contributed by atoms with Crippen LogP contribution in [0, 0.1) is 5.41 Å². The molecule has 0 radical (unpaired) electrons. The number of ether oxygens (including phenoxy) is 2. The Morgan fingerprint density at radius 3 is 2.40 bits per heavy atom. The predicted molar refractivity (Wildman–Crippen MR) is 56.4 cm³/mol. The molecule has 0 aromatic heterocycles. The van der Waals surface area contributed by atoms with Crippen LogP contribution in [-0.4, -0.2) is 25.3 Å². The molecule has 3 heteroatoms. The molecule has 0 aromatic carbocycles. The Balaban J connectivity index is 2.44. The van der Waals surface area contributed by atoms with Gasteiger partial charge in [-0.25, -0.2) is 0 Å². The minimum absolute atomic E-state index is 0.340. The van der Waals surface area contributed by atoms with E-state index >= 15 is 0 Å². The third-order valence-corrected chi connectivity index (χ3v) is 3.79. The molecule has 0 unspecified atom stereocenters. The van der Waals surface area contributed by atoms with E-state index in [1.165, 1.54) is 5.57 Å². The highest BCUT2D eigenvalue weighted by Gasteiger charge is 2.54. The van der Waals surface area contributed by atoms with E-state index in [1.54, 1.807) is 0 Å². The Bertz CT molecular complexity index is 309. The van der Waals surface area contributed by atoms with Gasteiger partial charge < -0.3 is 9.47 Å². The van der Waals surface area contributed by atoms with Crippen molar-refractivity contribution in [2.24, 2.45) is 5.41 Å². The lowest BCUT2D eigenvalue weighted by atomic mass is 9.68. The van der Waals surface area contributed by atoms with Crippen LogP contribution in [0.3, 0.4) is 0 Å². The Morgan fingerprint density at radius 2 is 1.87 bits per heavy atom. The number of allylic oxidation sites excluding steroid dienone is 1. The highest BCUT2D eigenvalue weighted by molar-refractivity contribution is 5.77. The minimum atomic E-state index is -0.567. The van der Waals surface area contributed by atoms with Crippen molar-refractivity contribution in [3.8, 4) is 0 Å². The maximum atomic E-state index is 11.2. The maximum absolute atomic E-state index is 11.2. The molecular formula is C12H18O3. The van der Waals surface area contributed by atoms with Crippen molar-refractivity contribution in [3.63, 3.8) is 0 Å². The standard InChI is InChI=1S/C12H18O3/c1-9-4-5-12(14-6-7-15-12)11(2,3)10(9)8-13/h8H,4-7H2,1-3H3. The van der Waals surface area contributed by atoms with Crippen molar-refractivity contribution in [1.82, 2.24) is 0 Å². The lowest BCUT2D eigenvalue weighted by Gasteiger charge is -2.46. The summed E-state index contributed by atoms with van der Waals surface area (Å²) >= 11 is 0. The Hall–Kier alpha value is -0.670. The molecular weight excluding hydrogens is 192 g/mol. The van der Waals surface area contributed by atoms with Crippen molar-refractivity contribution in [2.45, 2.75) is 39.4 Å². The second-order valence-electron chi connectivity index (χ2n) is 4.89. The highest BCUT2D eigenvalue weighted by atomic mass is 16.7. The van der Waals surface area contributed by atoms with Gasteiger partial charge in [0.1, 0.15) is 6.29 Å². The summed E-state index contributed by atoms with van der Waals surface area (Å²) in [6.45, 7) is 7.35. The summed E-state index contributed by atoms with van der Waals surface area (Å²) in [7, 11) is 0. The maximum Gasteiger partial charge on any atom is 0.177 e. The fourth-order valence-corrected chi connectivity index (χ4v) is 2.75. The molecule has 15 heavy (non-hydrogen) atoms. The summed E-state index contributed by atoms with van der Waals surface area (Å²) in [4.78, 5) is 11.2. The molecule has 1 fully saturated rings. The first-order valence-corrected chi connectivity index (χ1v) is 5.47. The van der Waals surface area contributed by atoms with Gasteiger partial charge in [0.25, 0.3) is 0 Å². The molecule has 1 heterocycles. The third-order valence-electron chi connectivity index (χ3n) is 3.79. The quantitative estimate of drug-likeness (QED) is 0.621. The Labute approximate surface area is 90.4 Å². The topological polar surface area (TPSA) is 35.5 Å². The van der Waals surface area contributed by atoms with Gasteiger partial charge >= 0.3 is 0 Å². The molecule has 0 amide bonds. The van der Waals surface area contributed by atoms with Gasteiger partial charge in [0.05, 0.1) is 13.2 Å². The summed E-state index contributed by atoms with van der Waals surface area (Å²) < 4.78 is 11.5. The molecule has 2 rings (SSSR count). The van der Waals surface area contributed by atoms with Gasteiger partial charge in [-0.15, -0.1) is 0 Å². The summed E-state index contributed by atoms with van der Waals surface area (Å²) in [5.74, 6) is -0.567. The van der Waals surface area contributed by atoms with Crippen molar-refractivity contribution in [2.75, 3.05) is 13.2 Å². The normalized spacial score (nSPS) is 28.5. The van der Waals surface area contributed by atoms with E-state index in [0.29, 0.717) is 13.2 Å². The van der Waals surface area contributed by atoms with Crippen LogP contribution in [0.25, 0.3) is 0 Å². The van der Waals surface area contributed by atoms with Gasteiger partial charge in [0, 0.05) is 17.4 Å². The fraction of sp³-hybridized carbons (Fsp3) is 0.750. The van der Waals surface area contributed by atoms with Crippen LogP contribution in [0.1, 0.15) is 33.6 Å². The van der Waals surface area contributed by atoms with Crippen molar-refractivity contribution in [1.29, 1.82) is 0 Å². The van der Waals surface area contributed by atoms with Crippen LogP contribution in [0.2, 0.25) is 0 Å². The van der Waals surface area contributed by atoms with Gasteiger partial charge in [-0.3, -0.25) is 4.79 Å². The van der Waals surface area contributed by atoms with Crippen molar-refractivity contribution in [3.05, 3.63) is 11.1 Å². The lowest BCUT2D eigenvalue weighted by molar-refractivity contribution is -0.223. The molecule has 0 bridgehead atoms. The average Bonchev–Trinajstić information content (AvgIpc) is 2.63. The molecule has 1 saturated heterocycles. The zero-order valence-corrected chi connectivity index (χ0v) is 9.63. The SMILES string of the molecule is CC1=C(C=O)C(C)(C)C2(CC1)OCCO2. The second-order valence-corrected chi connectivity index (χ2v) is 4.89. The van der Waals surface area contributed by atoms with E-state index < -0.39 is 5.79 Å². The minimum Gasteiger partial charge on any atom is -0.347 e. The molecule has 0 saturated carbocycles. The van der Waals surface area contributed by atoms with E-state index in [0.717, 1.165) is 24.7 Å². The average molecular weight is 210 g/mol. The number of carbonyl (C=O) groups excluding carboxylic acids is 1. The molecule has 1 aliphatic carbocycles. The van der Waals surface area contributed by atoms with E-state index in [1.807, 2.05) is 20.8 Å². The number of hydrogen-bond donors (Lipinski definition) is 0. The van der Waals surface area contributed by atoms with Crippen LogP contribution in [-0.2, 0) is 14.3 Å². The monoisotopic (exact) mass is 210 g/mol. The van der Waals surface area contributed by atoms with Crippen LogP contribution < -0.4 is 0 Å². The zero-order valence-electron chi connectivity index (χ0n) is 9.63. The van der Waals surface area contributed by atoms with E-state index in [-0.39, 0.29) is 5.41 Å². The van der Waals surface area contributed by atoms with E-state index in [2.05, 4.69) is 0 Å². The van der Waals surface area contributed by atoms with Crippen LogP contribution in [0.15, 0.2) is 11.1 Å². The first-order chi connectivity index (χ1) is 7.03. The number of rotatable bonds is 1. The number of hydrogen-bond acceptors (Lipinski definition) is 3. The van der Waals surface area contributed by atoms with Crippen molar-refractivity contribution >= 4 is 6.29 Å². The summed E-state index contributed by atoms with van der Waals surface area (Å²) in [5, 5.41) is 0. The van der Waals surface area contributed by atoms with Gasteiger partial charge in [-0.05, 0) is 13.3 Å². The van der Waals surface area contributed by atoms with E-state index in [9.17, 15) is 4.79 Å². The first-order valence-electron chi connectivity index (χ1n) is 5.47. The molecule has 0 atom stereocenters. The summed E-state index contributed by atoms with van der Waals surface area (Å²) in [5.41, 5.74) is 1.67. The number of aldehydes is 1. The van der Waals surface area contributed by atoms with Gasteiger partial charge in [-0.1, -0.05) is 19.4 Å². The molecule has 2 aliphatic rings. The predicted octanol–water partition coefficient (Wildman–Crippen LogP) is 2.06. The fourth-order valence-electron chi connectivity index (χ4n) is 2.75. The molecule has 0 aromatic rings. The zero-order chi connectivity index (χ0) is 11.1. The van der Waals surface area contributed by atoms with Crippen molar-refractivity contribution < 1.29 is 14.3 Å². The van der Waals surface area contributed by atoms with Crippen LogP contribution in [0.4, 0.5) is 0 Å². The molecule has 84 valence electrons. The van der Waals surface area contributed by atoms with Gasteiger partial charge in [0.2, 0.25) is 0 Å². The third kappa shape index (κ3) is 1.37. The number of carbonyl (C=O) groups is 1. The molecule has 3 nitrogen and oxygen atoms in total. The summed E-state index contributed by atoms with van der Waals surface area (Å²) in [6.07, 6.45) is 2.70. The Morgan fingerprint density at radius 1 is 1.27 bits per heavy atom. The van der Waals surface area contributed by atoms with E-state index in [4.69, 9.17) is 9.47 Å². The Kier molecular flexibility index (Phi) is 2.47. The highest BCUT2D eigenvalue weighted by Crippen LogP contribution is 2.50. The summed E-state index contributed by atoms with van der Waals surface area (Å²) in [6, 6.07) is 0. The second kappa shape index (κ2) is 3.42. The molecule has 1 spiro atoms. The smallest absolute Gasteiger partial charge is 0.177 e. The van der Waals surface area contributed by atoms with Crippen LogP contribution in [0.5, 0.6) is 0 Å². The molecule has 0 N–H and O–H groups in total. The largest absolute Gasteiger partial charge is 0.347 e. The first kappa shape index (κ1) is 10.8. The lowest BCUT2D eigenvalue weighted by Crippen LogP contribution is -2.49.